The Morgan fingerprint density at radius 1 is 0.905 bits per heavy atom. The fourth-order valence-electron chi connectivity index (χ4n) is 5.51. The van der Waals surface area contributed by atoms with Crippen molar-refractivity contribution in [3.63, 3.8) is 0 Å². The second-order valence-electron chi connectivity index (χ2n) is 10.7. The maximum Gasteiger partial charge on any atom is 0.405 e. The first kappa shape index (κ1) is 27.7. The number of carboxylic acid groups (broad SMARTS) is 1. The average Bonchev–Trinajstić information content (AvgIpc) is 3.61. The van der Waals surface area contributed by atoms with Gasteiger partial charge in [-0.15, -0.1) is 22.7 Å². The molecule has 0 spiro atoms. The molecule has 2 aromatic carbocycles. The number of primary amides is 1. The van der Waals surface area contributed by atoms with Crippen molar-refractivity contribution >= 4 is 34.7 Å². The van der Waals surface area contributed by atoms with E-state index in [1.54, 1.807) is 30.5 Å². The molecule has 0 radical (unpaired) electrons. The van der Waals surface area contributed by atoms with Crippen LogP contribution in [0.25, 0.3) is 42.2 Å². The van der Waals surface area contributed by atoms with Gasteiger partial charge < -0.3 is 21.3 Å². The minimum atomic E-state index is -1.12. The van der Waals surface area contributed by atoms with Crippen molar-refractivity contribution in [2.45, 2.75) is 37.3 Å². The number of hydrogen-bond donors (Lipinski definition) is 4. The van der Waals surface area contributed by atoms with E-state index in [-0.39, 0.29) is 6.42 Å². The second kappa shape index (κ2) is 10.8. The van der Waals surface area contributed by atoms with Crippen molar-refractivity contribution in [2.24, 2.45) is 5.73 Å². The molecule has 1 aliphatic rings. The van der Waals surface area contributed by atoms with Crippen LogP contribution >= 0.6 is 22.7 Å². The lowest BCUT2D eigenvalue weighted by atomic mass is 9.62. The van der Waals surface area contributed by atoms with Gasteiger partial charge in [0, 0.05) is 42.1 Å². The number of pyridine rings is 1. The highest BCUT2D eigenvalue weighted by atomic mass is 32.1. The summed E-state index contributed by atoms with van der Waals surface area (Å²) < 4.78 is 0. The van der Waals surface area contributed by atoms with Crippen LogP contribution < -0.4 is 11.1 Å². The van der Waals surface area contributed by atoms with Gasteiger partial charge in [-0.05, 0) is 30.2 Å². The summed E-state index contributed by atoms with van der Waals surface area (Å²) in [5.74, 6) is -0.428. The van der Waals surface area contributed by atoms with Gasteiger partial charge in [-0.3, -0.25) is 9.78 Å². The Morgan fingerprint density at radius 2 is 1.62 bits per heavy atom. The van der Waals surface area contributed by atoms with Crippen LogP contribution in [0.4, 0.5) is 4.79 Å². The van der Waals surface area contributed by atoms with Crippen LogP contribution in [0.15, 0.2) is 79.1 Å². The normalized spacial score (nSPS) is 19.7. The summed E-state index contributed by atoms with van der Waals surface area (Å²) in [6.07, 6.45) is 3.08. The molecule has 42 heavy (non-hydrogen) atoms. The van der Waals surface area contributed by atoms with Crippen molar-refractivity contribution < 1.29 is 19.8 Å². The number of hydrogen-bond acceptors (Lipinski definition) is 8. The van der Waals surface area contributed by atoms with Gasteiger partial charge >= 0.3 is 6.09 Å². The van der Waals surface area contributed by atoms with Crippen LogP contribution in [0.3, 0.4) is 0 Å². The molecule has 2 amide bonds. The van der Waals surface area contributed by atoms with Crippen LogP contribution in [0.1, 0.15) is 31.0 Å². The summed E-state index contributed by atoms with van der Waals surface area (Å²) in [5.41, 5.74) is 8.55. The van der Waals surface area contributed by atoms with Gasteiger partial charge in [0.2, 0.25) is 5.91 Å². The fraction of sp³-hybridized carbons (Fsp3) is 0.194. The molecule has 0 atom stereocenters. The number of nitrogens with zero attached hydrogens (tertiary/aromatic N) is 3. The van der Waals surface area contributed by atoms with Gasteiger partial charge in [-0.25, -0.2) is 14.8 Å². The molecular weight excluding hydrogens is 571 g/mol. The summed E-state index contributed by atoms with van der Waals surface area (Å²) in [6.45, 7) is 1.71. The predicted octanol–water partition coefficient (Wildman–Crippen LogP) is 5.70. The maximum atomic E-state index is 11.5. The fourth-order valence-corrected chi connectivity index (χ4v) is 7.55. The van der Waals surface area contributed by atoms with Crippen molar-refractivity contribution in [3.05, 3.63) is 90.4 Å². The molecule has 0 aliphatic heterocycles. The average molecular weight is 598 g/mol. The predicted molar refractivity (Wildman–Crippen MR) is 163 cm³/mol. The third-order valence-electron chi connectivity index (χ3n) is 7.23. The molecule has 3 aromatic heterocycles. The van der Waals surface area contributed by atoms with E-state index in [4.69, 9.17) is 10.7 Å². The van der Waals surface area contributed by atoms with Crippen LogP contribution in [-0.2, 0) is 16.8 Å². The highest BCUT2D eigenvalue weighted by Crippen LogP contribution is 2.49. The number of aliphatic hydroxyl groups is 1. The van der Waals surface area contributed by atoms with Crippen molar-refractivity contribution in [2.75, 3.05) is 0 Å². The third-order valence-corrected chi connectivity index (χ3v) is 9.55. The van der Waals surface area contributed by atoms with Crippen molar-refractivity contribution in [1.82, 2.24) is 20.3 Å². The SMILES string of the molecule is C[C@]1(O)C[C@](NC(=O)O)(c2ccc(-c3nc(-c4cnc(-c5ccc(CC(N)=O)nc5)s4)sc3-c3ccccc3)cc2)C1. The second-order valence-corrected chi connectivity index (χ2v) is 12.7. The topological polar surface area (TPSA) is 151 Å². The lowest BCUT2D eigenvalue weighted by Gasteiger charge is -2.51. The minimum Gasteiger partial charge on any atom is -0.465 e. The highest BCUT2D eigenvalue weighted by molar-refractivity contribution is 7.25. The van der Waals surface area contributed by atoms with E-state index in [2.05, 4.69) is 27.4 Å². The van der Waals surface area contributed by atoms with E-state index in [0.29, 0.717) is 18.5 Å². The van der Waals surface area contributed by atoms with Crippen LogP contribution in [-0.4, -0.2) is 42.8 Å². The number of carbonyl (C=O) groups excluding carboxylic acids is 1. The third kappa shape index (κ3) is 5.54. The Labute approximate surface area is 249 Å². The first-order chi connectivity index (χ1) is 20.1. The molecule has 212 valence electrons. The summed E-state index contributed by atoms with van der Waals surface area (Å²) in [6, 6.07) is 21.4. The van der Waals surface area contributed by atoms with Crippen LogP contribution in [0.5, 0.6) is 0 Å². The molecule has 1 saturated carbocycles. The molecule has 0 unspecified atom stereocenters. The van der Waals surface area contributed by atoms with Gasteiger partial charge in [-0.1, -0.05) is 54.6 Å². The van der Waals surface area contributed by atoms with E-state index in [9.17, 15) is 19.8 Å². The quantitative estimate of drug-likeness (QED) is 0.179. The van der Waals surface area contributed by atoms with Gasteiger partial charge in [0.15, 0.2) is 0 Å². The minimum absolute atomic E-state index is 0.0897. The monoisotopic (exact) mass is 597 g/mol. The number of aromatic nitrogens is 3. The number of carbonyl (C=O) groups is 2. The lowest BCUT2D eigenvalue weighted by Crippen LogP contribution is -2.61. The molecule has 6 rings (SSSR count). The molecule has 5 N–H and O–H groups in total. The van der Waals surface area contributed by atoms with Crippen LogP contribution in [0.2, 0.25) is 0 Å². The zero-order chi connectivity index (χ0) is 29.5. The first-order valence-corrected chi connectivity index (χ1v) is 14.8. The lowest BCUT2D eigenvalue weighted by molar-refractivity contribution is -0.117. The molecule has 5 aromatic rings. The molecule has 9 nitrogen and oxygen atoms in total. The molecule has 0 bridgehead atoms. The summed E-state index contributed by atoms with van der Waals surface area (Å²) in [4.78, 5) is 38.6. The summed E-state index contributed by atoms with van der Waals surface area (Å²) in [5, 5.41) is 24.1. The van der Waals surface area contributed by atoms with Gasteiger partial charge in [0.05, 0.1) is 33.0 Å². The largest absolute Gasteiger partial charge is 0.465 e. The number of thiazole rings is 2. The molecule has 11 heteroatoms. The van der Waals surface area contributed by atoms with E-state index >= 15 is 0 Å². The molecular formula is C31H27N5O4S2. The zero-order valence-corrected chi connectivity index (χ0v) is 24.2. The standard InChI is InChI=1S/C31H27N5O4S2/c1-30(40)16-31(17-30,36-29(38)39)21-10-7-18(8-11-21)25-26(19-5-3-2-4-6-19)42-28(35-25)23-15-34-27(41-23)20-9-12-22(33-14-20)13-24(32)37/h2-12,14-15,36,40H,13,16-17H2,1H3,(H2,32,37)(H,38,39)/t30-,31+. The van der Waals surface area contributed by atoms with Crippen LogP contribution in [0, 0.1) is 0 Å². The van der Waals surface area contributed by atoms with Gasteiger partial charge in [0.1, 0.15) is 10.0 Å². The smallest absolute Gasteiger partial charge is 0.405 e. The number of nitrogens with two attached hydrogens (primary N) is 1. The van der Waals surface area contributed by atoms with E-state index in [0.717, 1.165) is 47.7 Å². The van der Waals surface area contributed by atoms with Gasteiger partial charge in [0.25, 0.3) is 0 Å². The Kier molecular flexibility index (Phi) is 7.09. The van der Waals surface area contributed by atoms with Crippen molar-refractivity contribution in [1.29, 1.82) is 0 Å². The Morgan fingerprint density at radius 3 is 2.24 bits per heavy atom. The first-order valence-electron chi connectivity index (χ1n) is 13.2. The number of benzene rings is 2. The number of amides is 2. The Bertz CT molecular complexity index is 1760. The Balaban J connectivity index is 1.34. The summed E-state index contributed by atoms with van der Waals surface area (Å²) in [7, 11) is 0. The summed E-state index contributed by atoms with van der Waals surface area (Å²) >= 11 is 3.09. The Hall–Kier alpha value is -4.45. The maximum absolute atomic E-state index is 11.5. The van der Waals surface area contributed by atoms with Gasteiger partial charge in [-0.2, -0.15) is 0 Å². The molecule has 3 heterocycles. The number of nitrogens with one attached hydrogen (secondary N) is 1. The zero-order valence-electron chi connectivity index (χ0n) is 22.6. The van der Waals surface area contributed by atoms with E-state index in [1.165, 1.54) is 11.3 Å². The van der Waals surface area contributed by atoms with E-state index < -0.39 is 23.1 Å². The highest BCUT2D eigenvalue weighted by Gasteiger charge is 2.53. The van der Waals surface area contributed by atoms with Crippen molar-refractivity contribution in [3.8, 4) is 42.2 Å². The molecule has 1 fully saturated rings. The van der Waals surface area contributed by atoms with E-state index in [1.807, 2.05) is 54.7 Å². The number of rotatable bonds is 8. The molecule has 0 saturated heterocycles. The molecule has 1 aliphatic carbocycles.